The van der Waals surface area contributed by atoms with Crippen LogP contribution in [0.15, 0.2) is 0 Å². The van der Waals surface area contributed by atoms with E-state index in [0.29, 0.717) is 6.42 Å². The molecule has 0 N–H and O–H groups in total. The molecule has 0 aromatic heterocycles. The topological polar surface area (TPSA) is 34.4 Å². The van der Waals surface area contributed by atoms with Crippen molar-refractivity contribution in [2.24, 2.45) is 0 Å². The molecule has 1 amide bonds. The van der Waals surface area contributed by atoms with Gasteiger partial charge in [0.05, 0.1) is 6.04 Å². The van der Waals surface area contributed by atoms with Crippen molar-refractivity contribution >= 4 is 5.91 Å². The van der Waals surface area contributed by atoms with Gasteiger partial charge in [0.25, 0.3) is 0 Å². The van der Waals surface area contributed by atoms with Gasteiger partial charge in [-0.3, -0.25) is 4.79 Å². The average Bonchev–Trinajstić information content (AvgIpc) is 1.93. The maximum Gasteiger partial charge on any atom is 0.242 e. The maximum absolute atomic E-state index is 10.8. The van der Waals surface area contributed by atoms with Gasteiger partial charge in [-0.05, 0) is 14.0 Å². The number of hydrogen-bond donors (Lipinski definition) is 0. The van der Waals surface area contributed by atoms with E-state index in [4.69, 9.17) is 0 Å². The molecule has 1 unspecified atom stereocenters. The first-order valence-corrected chi connectivity index (χ1v) is 3.60. The van der Waals surface area contributed by atoms with Gasteiger partial charge in [0.1, 0.15) is 0 Å². The summed E-state index contributed by atoms with van der Waals surface area (Å²) >= 11 is 0. The first-order valence-electron chi connectivity index (χ1n) is 3.60. The molecule has 0 saturated carbocycles. The van der Waals surface area contributed by atoms with Crippen molar-refractivity contribution in [1.82, 2.24) is 10.2 Å². The van der Waals surface area contributed by atoms with E-state index in [1.165, 1.54) is 0 Å². The molecule has 1 radical (unpaired) electrons. The predicted octanol–water partition coefficient (Wildman–Crippen LogP) is -0.159. The van der Waals surface area contributed by atoms with Crippen molar-refractivity contribution in [3.63, 3.8) is 0 Å². The van der Waals surface area contributed by atoms with Gasteiger partial charge in [-0.1, -0.05) is 0 Å². The van der Waals surface area contributed by atoms with E-state index in [0.717, 1.165) is 13.1 Å². The van der Waals surface area contributed by atoms with Gasteiger partial charge in [0, 0.05) is 19.5 Å². The Kier molecular flexibility index (Phi) is 2.27. The molecular weight excluding hydrogens is 128 g/mol. The molecule has 57 valence electrons. The highest BCUT2D eigenvalue weighted by atomic mass is 16.1. The Bertz CT molecular complexity index is 136. The van der Waals surface area contributed by atoms with E-state index >= 15 is 0 Å². The molecule has 1 saturated heterocycles. The van der Waals surface area contributed by atoms with Crippen molar-refractivity contribution in [2.45, 2.75) is 19.4 Å². The molecule has 0 aromatic rings. The van der Waals surface area contributed by atoms with Crippen LogP contribution in [-0.2, 0) is 4.79 Å². The molecule has 1 atom stereocenters. The number of amides is 1. The summed E-state index contributed by atoms with van der Waals surface area (Å²) in [5.74, 6) is 0.0526. The van der Waals surface area contributed by atoms with Gasteiger partial charge < -0.3 is 4.90 Å². The van der Waals surface area contributed by atoms with Crippen LogP contribution in [0.1, 0.15) is 13.3 Å². The van der Waals surface area contributed by atoms with Crippen molar-refractivity contribution in [1.29, 1.82) is 0 Å². The summed E-state index contributed by atoms with van der Waals surface area (Å²) in [6, 6.07) is 0.181. The smallest absolute Gasteiger partial charge is 0.242 e. The van der Waals surface area contributed by atoms with E-state index < -0.39 is 0 Å². The average molecular weight is 141 g/mol. The van der Waals surface area contributed by atoms with E-state index in [1.807, 2.05) is 14.0 Å². The lowest BCUT2D eigenvalue weighted by atomic mass is 10.3. The van der Waals surface area contributed by atoms with Gasteiger partial charge in [-0.15, -0.1) is 0 Å². The zero-order chi connectivity index (χ0) is 7.56. The second kappa shape index (κ2) is 3.01. The van der Waals surface area contributed by atoms with E-state index in [1.54, 1.807) is 0 Å². The van der Waals surface area contributed by atoms with Crippen LogP contribution in [-0.4, -0.2) is 37.0 Å². The fourth-order valence-corrected chi connectivity index (χ4v) is 1.18. The fraction of sp³-hybridized carbons (Fsp3) is 0.857. The molecule has 1 aliphatic rings. The maximum atomic E-state index is 10.8. The standard InChI is InChI=1S/C7H13N2O/c1-6-5-9(2)4-3-7(10)8-6/h6H,3-5H2,1-2H3. The minimum absolute atomic E-state index is 0.0526. The summed E-state index contributed by atoms with van der Waals surface area (Å²) in [5, 5.41) is 3.95. The number of hydrogen-bond acceptors (Lipinski definition) is 2. The lowest BCUT2D eigenvalue weighted by molar-refractivity contribution is -0.121. The Morgan fingerprint density at radius 1 is 1.70 bits per heavy atom. The van der Waals surface area contributed by atoms with Crippen LogP contribution < -0.4 is 5.32 Å². The highest BCUT2D eigenvalue weighted by Crippen LogP contribution is 1.98. The molecule has 1 rings (SSSR count). The largest absolute Gasteiger partial charge is 0.304 e. The predicted molar refractivity (Wildman–Crippen MR) is 38.7 cm³/mol. The van der Waals surface area contributed by atoms with Crippen LogP contribution in [0.4, 0.5) is 0 Å². The van der Waals surface area contributed by atoms with Crippen LogP contribution >= 0.6 is 0 Å². The summed E-state index contributed by atoms with van der Waals surface area (Å²) in [6.45, 7) is 3.73. The molecule has 1 fully saturated rings. The molecule has 1 aliphatic heterocycles. The first kappa shape index (κ1) is 7.54. The SMILES string of the molecule is CC1CN(C)CCC(=O)[N]1. The normalized spacial score (nSPS) is 29.4. The minimum atomic E-state index is 0.0526. The number of carbonyl (C=O) groups is 1. The zero-order valence-corrected chi connectivity index (χ0v) is 6.50. The third kappa shape index (κ3) is 1.99. The highest BCUT2D eigenvalue weighted by molar-refractivity contribution is 5.76. The number of carbonyl (C=O) groups excluding carboxylic acids is 1. The molecule has 10 heavy (non-hydrogen) atoms. The molecule has 3 nitrogen and oxygen atoms in total. The second-order valence-corrected chi connectivity index (χ2v) is 2.88. The molecule has 0 aromatic carbocycles. The summed E-state index contributed by atoms with van der Waals surface area (Å²) < 4.78 is 0. The Morgan fingerprint density at radius 2 is 2.40 bits per heavy atom. The molecule has 0 aliphatic carbocycles. The summed E-state index contributed by atoms with van der Waals surface area (Å²) in [4.78, 5) is 13.0. The lowest BCUT2D eigenvalue weighted by Crippen LogP contribution is -2.30. The number of likely N-dealkylation sites (N-methyl/N-ethyl adjacent to an activating group) is 1. The van der Waals surface area contributed by atoms with Gasteiger partial charge in [-0.25, -0.2) is 5.32 Å². The van der Waals surface area contributed by atoms with Gasteiger partial charge >= 0.3 is 0 Å². The Morgan fingerprint density at radius 3 is 3.10 bits per heavy atom. The Hall–Kier alpha value is -0.570. The van der Waals surface area contributed by atoms with Crippen LogP contribution in [0, 0.1) is 0 Å². The third-order valence-electron chi connectivity index (χ3n) is 1.65. The first-order chi connectivity index (χ1) is 4.68. The minimum Gasteiger partial charge on any atom is -0.304 e. The summed E-state index contributed by atoms with van der Waals surface area (Å²) in [5.41, 5.74) is 0. The Labute approximate surface area is 61.4 Å². The van der Waals surface area contributed by atoms with Gasteiger partial charge in [-0.2, -0.15) is 0 Å². The zero-order valence-electron chi connectivity index (χ0n) is 6.50. The molecule has 0 bridgehead atoms. The monoisotopic (exact) mass is 141 g/mol. The molecule has 0 spiro atoms. The summed E-state index contributed by atoms with van der Waals surface area (Å²) in [7, 11) is 2.02. The second-order valence-electron chi connectivity index (χ2n) is 2.88. The van der Waals surface area contributed by atoms with E-state index in [-0.39, 0.29) is 11.9 Å². The lowest BCUT2D eigenvalue weighted by Gasteiger charge is -2.13. The Balaban J connectivity index is 2.46. The van der Waals surface area contributed by atoms with Crippen molar-refractivity contribution < 1.29 is 4.79 Å². The fourth-order valence-electron chi connectivity index (χ4n) is 1.18. The molecule has 3 heteroatoms. The van der Waals surface area contributed by atoms with Gasteiger partial charge in [0.15, 0.2) is 0 Å². The molecular formula is C7H13N2O. The van der Waals surface area contributed by atoms with Crippen LogP contribution in [0.5, 0.6) is 0 Å². The van der Waals surface area contributed by atoms with Crippen molar-refractivity contribution in [2.75, 3.05) is 20.1 Å². The van der Waals surface area contributed by atoms with Crippen LogP contribution in [0.2, 0.25) is 0 Å². The van der Waals surface area contributed by atoms with Crippen molar-refractivity contribution in [3.05, 3.63) is 0 Å². The van der Waals surface area contributed by atoms with Crippen LogP contribution in [0.25, 0.3) is 0 Å². The van der Waals surface area contributed by atoms with Gasteiger partial charge in [0.2, 0.25) is 5.91 Å². The number of rotatable bonds is 0. The molecule has 1 heterocycles. The van der Waals surface area contributed by atoms with Crippen molar-refractivity contribution in [3.8, 4) is 0 Å². The highest BCUT2D eigenvalue weighted by Gasteiger charge is 2.16. The third-order valence-corrected chi connectivity index (χ3v) is 1.65. The van der Waals surface area contributed by atoms with E-state index in [9.17, 15) is 4.79 Å². The van der Waals surface area contributed by atoms with Crippen LogP contribution in [0.3, 0.4) is 0 Å². The van der Waals surface area contributed by atoms with E-state index in [2.05, 4.69) is 10.2 Å². The quantitative estimate of drug-likeness (QED) is 0.470. The summed E-state index contributed by atoms with van der Waals surface area (Å²) in [6.07, 6.45) is 0.584. The number of nitrogens with zero attached hydrogens (tertiary/aromatic N) is 2.